The summed E-state index contributed by atoms with van der Waals surface area (Å²) in [5, 5.41) is 13.6. The van der Waals surface area contributed by atoms with Crippen molar-refractivity contribution in [2.45, 2.75) is 161 Å². The van der Waals surface area contributed by atoms with Crippen molar-refractivity contribution in [2.75, 3.05) is 40.9 Å². The fourth-order valence-electron chi connectivity index (χ4n) is 5.92. The van der Waals surface area contributed by atoms with Crippen molar-refractivity contribution >= 4 is 13.7 Å². The van der Waals surface area contributed by atoms with E-state index in [1.54, 1.807) is 6.08 Å². The average molecular weight is 919 g/mol. The molecule has 0 saturated carbocycles. The Morgan fingerprint density at radius 2 is 0.938 bits per heavy atom. The molecule has 0 aliphatic rings. The molecule has 0 fully saturated rings. The Morgan fingerprint density at radius 3 is 1.34 bits per heavy atom. The van der Waals surface area contributed by atoms with Gasteiger partial charge in [0.1, 0.15) is 13.2 Å². The number of likely N-dealkylation sites (N-methyl/N-ethyl adjacent to an activating group) is 1. The van der Waals surface area contributed by atoms with Gasteiger partial charge in [-0.1, -0.05) is 185 Å². The van der Waals surface area contributed by atoms with E-state index in [0.29, 0.717) is 17.4 Å². The maximum Gasteiger partial charge on any atom is 0.268 e. The second-order valence-corrected chi connectivity index (χ2v) is 18.5. The molecule has 0 aromatic rings. The number of aliphatic hydroxyl groups excluding tert-OH is 1. The van der Waals surface area contributed by atoms with Crippen LogP contribution in [0.15, 0.2) is 146 Å². The fraction of sp³-hybridized carbons (Fsp3) is 0.554. The van der Waals surface area contributed by atoms with Gasteiger partial charge in [0.25, 0.3) is 7.82 Å². The van der Waals surface area contributed by atoms with Gasteiger partial charge in [-0.2, -0.15) is 0 Å². The van der Waals surface area contributed by atoms with Crippen molar-refractivity contribution < 1.29 is 32.9 Å². The molecule has 1 amide bonds. The number of unbranched alkanes of at least 4 members (excludes halogenated alkanes) is 7. The summed E-state index contributed by atoms with van der Waals surface area (Å²) in [5.41, 5.74) is 0. The molecule has 65 heavy (non-hydrogen) atoms. The molecule has 0 aliphatic heterocycles. The van der Waals surface area contributed by atoms with Crippen molar-refractivity contribution in [3.8, 4) is 0 Å². The molecule has 0 radical (unpaired) electrons. The van der Waals surface area contributed by atoms with Gasteiger partial charge in [0.15, 0.2) is 0 Å². The number of rotatable bonds is 42. The second-order valence-electron chi connectivity index (χ2n) is 17.1. The van der Waals surface area contributed by atoms with Gasteiger partial charge in [-0.15, -0.1) is 0 Å². The number of amides is 1. The molecule has 0 heterocycles. The quantitative estimate of drug-likeness (QED) is 0.0273. The van der Waals surface area contributed by atoms with Crippen LogP contribution in [0.2, 0.25) is 0 Å². The fourth-order valence-corrected chi connectivity index (χ4v) is 6.64. The zero-order valence-corrected chi connectivity index (χ0v) is 42.3. The SMILES string of the molecule is CC/C=C\C/C=C\C/C=C\C/C=C\C/C=C\C/C=C\C/C=C\C/C=C\C/C=C\C/C=C\C/C=C\CCCCCC(=O)NC(COP(=O)([O-])OCC[N+](C)(C)C)C(O)/C=C/CCCCCC. The number of hydrogen-bond acceptors (Lipinski definition) is 6. The number of allylic oxidation sites excluding steroid dienone is 23. The smallest absolute Gasteiger partial charge is 0.268 e. The summed E-state index contributed by atoms with van der Waals surface area (Å²) < 4.78 is 23.0. The number of hydrogen-bond donors (Lipinski definition) is 2. The van der Waals surface area contributed by atoms with Crippen molar-refractivity contribution in [1.29, 1.82) is 0 Å². The van der Waals surface area contributed by atoms with Crippen LogP contribution in [0.25, 0.3) is 0 Å². The first-order valence-corrected chi connectivity index (χ1v) is 26.2. The molecule has 0 spiro atoms. The van der Waals surface area contributed by atoms with Crippen LogP contribution in [0, 0.1) is 0 Å². The Balaban J connectivity index is 4.14. The van der Waals surface area contributed by atoms with E-state index >= 15 is 0 Å². The number of carbonyl (C=O) groups is 1. The molecular weight excluding hydrogens is 828 g/mol. The Bertz CT molecular complexity index is 1560. The van der Waals surface area contributed by atoms with Gasteiger partial charge in [0.2, 0.25) is 5.91 Å². The van der Waals surface area contributed by atoms with E-state index in [0.717, 1.165) is 122 Å². The molecule has 3 unspecified atom stereocenters. The lowest BCUT2D eigenvalue weighted by Crippen LogP contribution is -2.45. The van der Waals surface area contributed by atoms with E-state index < -0.39 is 26.6 Å². The Hall–Kier alpha value is -3.62. The van der Waals surface area contributed by atoms with Crippen molar-refractivity contribution in [1.82, 2.24) is 5.32 Å². The van der Waals surface area contributed by atoms with E-state index in [1.807, 2.05) is 27.2 Å². The van der Waals surface area contributed by atoms with Crippen LogP contribution < -0.4 is 10.2 Å². The molecule has 366 valence electrons. The molecular formula is C56H91N2O6P. The Kier molecular flexibility index (Phi) is 43.0. The van der Waals surface area contributed by atoms with Crippen molar-refractivity contribution in [3.05, 3.63) is 146 Å². The third-order valence-corrected chi connectivity index (χ3v) is 10.8. The summed E-state index contributed by atoms with van der Waals surface area (Å²) >= 11 is 0. The van der Waals surface area contributed by atoms with Gasteiger partial charge in [-0.3, -0.25) is 9.36 Å². The lowest BCUT2D eigenvalue weighted by molar-refractivity contribution is -0.870. The maximum atomic E-state index is 12.8. The number of aliphatic hydroxyl groups is 1. The number of carbonyl (C=O) groups excluding carboxylic acids is 1. The number of nitrogens with zero attached hydrogens (tertiary/aromatic N) is 1. The predicted molar refractivity (Wildman–Crippen MR) is 278 cm³/mol. The van der Waals surface area contributed by atoms with E-state index in [2.05, 4.69) is 153 Å². The zero-order valence-electron chi connectivity index (χ0n) is 41.4. The first kappa shape index (κ1) is 61.4. The van der Waals surface area contributed by atoms with Gasteiger partial charge >= 0.3 is 0 Å². The molecule has 8 nitrogen and oxygen atoms in total. The number of phosphoric acid groups is 1. The first-order chi connectivity index (χ1) is 31.5. The third kappa shape index (κ3) is 48.1. The molecule has 0 aromatic heterocycles. The first-order valence-electron chi connectivity index (χ1n) is 24.7. The number of nitrogens with one attached hydrogen (secondary N) is 1. The molecule has 0 aliphatic carbocycles. The minimum atomic E-state index is -4.60. The van der Waals surface area contributed by atoms with E-state index in [4.69, 9.17) is 9.05 Å². The summed E-state index contributed by atoms with van der Waals surface area (Å²) in [4.78, 5) is 25.1. The molecule has 0 aromatic carbocycles. The highest BCUT2D eigenvalue weighted by Crippen LogP contribution is 2.38. The van der Waals surface area contributed by atoms with Crippen LogP contribution in [0.3, 0.4) is 0 Å². The van der Waals surface area contributed by atoms with Gasteiger partial charge in [0, 0.05) is 6.42 Å². The highest BCUT2D eigenvalue weighted by molar-refractivity contribution is 7.45. The molecule has 9 heteroatoms. The molecule has 3 atom stereocenters. The number of phosphoric ester groups is 1. The lowest BCUT2D eigenvalue weighted by Gasteiger charge is -2.29. The van der Waals surface area contributed by atoms with Crippen LogP contribution in [0.1, 0.15) is 149 Å². The summed E-state index contributed by atoms with van der Waals surface area (Å²) in [7, 11) is 1.21. The highest BCUT2D eigenvalue weighted by atomic mass is 31.2. The second kappa shape index (κ2) is 45.5. The van der Waals surface area contributed by atoms with Crippen molar-refractivity contribution in [2.24, 2.45) is 0 Å². The number of quaternary nitrogens is 1. The van der Waals surface area contributed by atoms with Crippen LogP contribution in [0.5, 0.6) is 0 Å². The van der Waals surface area contributed by atoms with Gasteiger partial charge < -0.3 is 28.8 Å². The van der Waals surface area contributed by atoms with Crippen LogP contribution in [-0.4, -0.2) is 68.5 Å². The molecule has 0 bridgehead atoms. The van der Waals surface area contributed by atoms with Crippen molar-refractivity contribution in [3.63, 3.8) is 0 Å². The average Bonchev–Trinajstić information content (AvgIpc) is 3.26. The lowest BCUT2D eigenvalue weighted by atomic mass is 10.1. The molecule has 0 rings (SSSR count). The maximum absolute atomic E-state index is 12.8. The van der Waals surface area contributed by atoms with E-state index in [9.17, 15) is 19.4 Å². The highest BCUT2D eigenvalue weighted by Gasteiger charge is 2.23. The third-order valence-electron chi connectivity index (χ3n) is 9.81. The normalized spacial score (nSPS) is 15.4. The summed E-state index contributed by atoms with van der Waals surface area (Å²) in [6, 6.07) is -0.911. The Morgan fingerprint density at radius 1 is 0.554 bits per heavy atom. The standard InChI is InChI=1S/C56H91N2O6P/c1-6-8-10-12-14-15-16-17-18-19-20-21-22-23-24-25-26-27-28-29-30-31-32-33-34-35-36-37-38-39-40-41-42-43-44-46-48-50-56(60)57-54(55(59)49-47-45-13-11-9-7-2)53-64-65(61,62)63-52-51-58(3,4)5/h8,10,14-15,17-18,20-21,23-24,26-27,29-30,32-33,35-36,38-39,41-42,47,49,54-55,59H,6-7,9,11-13,16,19,22,25,28,31,34,37,40,43-46,48,50-53H2,1-5H3,(H-,57,60,61,62)/b10-8-,15-14-,18-17-,21-20-,24-23-,27-26-,30-29-,33-32-,36-35-,39-38-,42-41-,49-47+. The molecule has 0 saturated heterocycles. The van der Waals surface area contributed by atoms with Gasteiger partial charge in [-0.05, 0) is 103 Å². The monoisotopic (exact) mass is 919 g/mol. The van der Waals surface area contributed by atoms with E-state index in [-0.39, 0.29) is 18.9 Å². The predicted octanol–water partition coefficient (Wildman–Crippen LogP) is 13.9. The topological polar surface area (TPSA) is 108 Å². The van der Waals surface area contributed by atoms with Crippen LogP contribution in [-0.2, 0) is 18.4 Å². The van der Waals surface area contributed by atoms with E-state index in [1.165, 1.54) is 0 Å². The van der Waals surface area contributed by atoms with Gasteiger partial charge in [-0.25, -0.2) is 0 Å². The largest absolute Gasteiger partial charge is 0.756 e. The minimum absolute atomic E-state index is 0.0170. The molecule has 2 N–H and O–H groups in total. The van der Waals surface area contributed by atoms with Gasteiger partial charge in [0.05, 0.1) is 39.9 Å². The summed E-state index contributed by atoms with van der Waals surface area (Å²) in [6.45, 7) is 4.37. The Labute approximate surface area is 398 Å². The zero-order chi connectivity index (χ0) is 47.8. The van der Waals surface area contributed by atoms with Crippen LogP contribution in [0.4, 0.5) is 0 Å². The van der Waals surface area contributed by atoms with Crippen LogP contribution >= 0.6 is 7.82 Å². The minimum Gasteiger partial charge on any atom is -0.756 e. The summed E-state index contributed by atoms with van der Waals surface area (Å²) in [5.74, 6) is -0.244. The summed E-state index contributed by atoms with van der Waals surface area (Å²) in [6.07, 6.45) is 71.0.